The third-order valence-corrected chi connectivity index (χ3v) is 9.80. The van der Waals surface area contributed by atoms with Gasteiger partial charge in [-0.2, -0.15) is 0 Å². The monoisotopic (exact) mass is 669 g/mol. The second kappa shape index (κ2) is 17.3. The molecule has 0 fully saturated rings. The summed E-state index contributed by atoms with van der Waals surface area (Å²) in [5, 5.41) is 22.3. The lowest BCUT2D eigenvalue weighted by molar-refractivity contribution is -0.114. The third-order valence-electron chi connectivity index (χ3n) is 8.98. The largest absolute Gasteiger partial charge is 0.463 e. The molecule has 0 saturated heterocycles. The topological polar surface area (TPSA) is 108 Å². The van der Waals surface area contributed by atoms with E-state index in [0.717, 1.165) is 61.3 Å². The summed E-state index contributed by atoms with van der Waals surface area (Å²) in [6.07, 6.45) is 6.10. The van der Waals surface area contributed by atoms with E-state index in [4.69, 9.17) is 9.40 Å². The van der Waals surface area contributed by atoms with Gasteiger partial charge in [-0.15, -0.1) is 20.5 Å². The van der Waals surface area contributed by atoms with E-state index in [1.165, 1.54) is 23.8 Å². The number of azo groups is 2. The van der Waals surface area contributed by atoms with Gasteiger partial charge in [0.15, 0.2) is 10.8 Å². The molecule has 0 saturated carbocycles. The van der Waals surface area contributed by atoms with Crippen molar-refractivity contribution in [2.75, 3.05) is 23.3 Å². The number of furan rings is 1. The molecule has 48 heavy (non-hydrogen) atoms. The molecule has 2 heterocycles. The van der Waals surface area contributed by atoms with Gasteiger partial charge in [-0.05, 0) is 78.6 Å². The minimum absolute atomic E-state index is 0.165. The van der Waals surface area contributed by atoms with Gasteiger partial charge in [0.1, 0.15) is 11.4 Å². The van der Waals surface area contributed by atoms with Crippen LogP contribution in [0.2, 0.25) is 0 Å². The summed E-state index contributed by atoms with van der Waals surface area (Å²) in [6, 6.07) is 14.0. The first-order valence-corrected chi connectivity index (χ1v) is 18.0. The third kappa shape index (κ3) is 9.46. The number of rotatable bonds is 16. The van der Waals surface area contributed by atoms with Gasteiger partial charge in [0.2, 0.25) is 11.0 Å². The van der Waals surface area contributed by atoms with Gasteiger partial charge in [0.25, 0.3) is 0 Å². The van der Waals surface area contributed by atoms with Crippen LogP contribution >= 0.6 is 11.3 Å². The van der Waals surface area contributed by atoms with Gasteiger partial charge in [0, 0.05) is 25.7 Å². The number of hydrogen-bond acceptors (Lipinski definition) is 9. The molecule has 10 heteroatoms. The first-order valence-electron chi connectivity index (χ1n) is 17.2. The number of nitrogens with zero attached hydrogens (tertiary/aromatic N) is 6. The average Bonchev–Trinajstić information content (AvgIpc) is 3.75. The highest BCUT2D eigenvalue weighted by Crippen LogP contribution is 2.42. The zero-order valence-corrected chi connectivity index (χ0v) is 30.8. The van der Waals surface area contributed by atoms with Crippen molar-refractivity contribution in [1.82, 2.24) is 4.98 Å². The molecule has 1 amide bonds. The highest BCUT2D eigenvalue weighted by atomic mass is 32.1. The summed E-state index contributed by atoms with van der Waals surface area (Å²) in [5.41, 5.74) is 6.97. The molecule has 0 atom stereocenters. The number of aromatic nitrogens is 1. The first-order chi connectivity index (χ1) is 23.1. The molecule has 0 radical (unpaired) electrons. The number of nitrogens with one attached hydrogen (secondary N) is 1. The Morgan fingerprint density at radius 1 is 0.875 bits per heavy atom. The Kier molecular flexibility index (Phi) is 13.2. The number of thiazole rings is 1. The molecule has 4 aromatic rings. The van der Waals surface area contributed by atoms with Crippen molar-refractivity contribution in [3.05, 3.63) is 65.4 Å². The Labute approximate surface area is 290 Å². The van der Waals surface area contributed by atoms with E-state index in [9.17, 15) is 4.79 Å². The number of hydrogen-bond donors (Lipinski definition) is 1. The summed E-state index contributed by atoms with van der Waals surface area (Å²) in [6.45, 7) is 20.9. The SMILES string of the molecule is CCC(CC)CN(CC(CC)CC)c1cc(NC(C)=O)c(N=Nc2nc(-c3ccco3)c(N=Nc3cc(C(C)C)ccc3C)s2)cc1C. The molecular formula is C38H51N7O2S. The van der Waals surface area contributed by atoms with Crippen molar-refractivity contribution in [3.8, 4) is 11.5 Å². The molecule has 0 aliphatic carbocycles. The molecule has 9 nitrogen and oxygen atoms in total. The fraction of sp³-hybridized carbons (Fsp3) is 0.474. The van der Waals surface area contributed by atoms with Crippen LogP contribution in [-0.4, -0.2) is 24.0 Å². The van der Waals surface area contributed by atoms with Gasteiger partial charge >= 0.3 is 0 Å². The molecule has 0 spiro atoms. The van der Waals surface area contributed by atoms with Crippen molar-refractivity contribution < 1.29 is 9.21 Å². The summed E-state index contributed by atoms with van der Waals surface area (Å²) in [4.78, 5) is 19.6. The second-order valence-corrected chi connectivity index (χ2v) is 13.8. The lowest BCUT2D eigenvalue weighted by Crippen LogP contribution is -2.34. The fourth-order valence-corrected chi connectivity index (χ4v) is 6.37. The van der Waals surface area contributed by atoms with Crippen molar-refractivity contribution in [2.24, 2.45) is 32.3 Å². The van der Waals surface area contributed by atoms with E-state index in [-0.39, 0.29) is 5.91 Å². The molecular weight excluding hydrogens is 619 g/mol. The summed E-state index contributed by atoms with van der Waals surface area (Å²) in [5.74, 6) is 1.96. The number of aryl methyl sites for hydroxylation is 2. The summed E-state index contributed by atoms with van der Waals surface area (Å²) < 4.78 is 5.68. The number of carbonyl (C=O) groups excluding carboxylic acids is 1. The highest BCUT2D eigenvalue weighted by molar-refractivity contribution is 7.19. The average molecular weight is 670 g/mol. The van der Waals surface area contributed by atoms with Crippen LogP contribution in [0.1, 0.15) is 96.8 Å². The van der Waals surface area contributed by atoms with Crippen LogP contribution in [0.3, 0.4) is 0 Å². The maximum absolute atomic E-state index is 12.4. The molecule has 1 N–H and O–H groups in total. The second-order valence-electron chi connectivity index (χ2n) is 12.8. The molecule has 4 rings (SSSR count). The maximum atomic E-state index is 12.4. The van der Waals surface area contributed by atoms with Crippen LogP contribution in [-0.2, 0) is 4.79 Å². The highest BCUT2D eigenvalue weighted by Gasteiger charge is 2.21. The van der Waals surface area contributed by atoms with Crippen molar-refractivity contribution in [2.45, 2.75) is 93.9 Å². The predicted molar refractivity (Wildman–Crippen MR) is 199 cm³/mol. The summed E-state index contributed by atoms with van der Waals surface area (Å²) >= 11 is 1.28. The summed E-state index contributed by atoms with van der Waals surface area (Å²) in [7, 11) is 0. The van der Waals surface area contributed by atoms with Gasteiger partial charge in [0.05, 0.1) is 17.6 Å². The molecule has 0 aliphatic rings. The quantitative estimate of drug-likeness (QED) is 0.120. The lowest BCUT2D eigenvalue weighted by atomic mass is 9.98. The van der Waals surface area contributed by atoms with Crippen LogP contribution in [0.5, 0.6) is 0 Å². The molecule has 0 bridgehead atoms. The minimum Gasteiger partial charge on any atom is -0.463 e. The normalized spacial score (nSPS) is 12.0. The van der Waals surface area contributed by atoms with Crippen molar-refractivity contribution >= 4 is 50.1 Å². The molecule has 0 unspecified atom stereocenters. The number of carbonyl (C=O) groups is 1. The Bertz CT molecular complexity index is 1690. The van der Waals surface area contributed by atoms with Gasteiger partial charge in [-0.3, -0.25) is 4.79 Å². The van der Waals surface area contributed by atoms with Crippen LogP contribution in [0.25, 0.3) is 11.5 Å². The maximum Gasteiger partial charge on any atom is 0.232 e. The lowest BCUT2D eigenvalue weighted by Gasteiger charge is -2.33. The van der Waals surface area contributed by atoms with Crippen molar-refractivity contribution in [3.63, 3.8) is 0 Å². The van der Waals surface area contributed by atoms with Gasteiger partial charge in [-0.1, -0.05) is 90.7 Å². The number of amides is 1. The van der Waals surface area contributed by atoms with Crippen LogP contribution in [0.4, 0.5) is 32.9 Å². The van der Waals surface area contributed by atoms with Crippen LogP contribution in [0.15, 0.2) is 73.6 Å². The Balaban J connectivity index is 1.72. The van der Waals surface area contributed by atoms with E-state index in [0.29, 0.717) is 50.7 Å². The molecule has 2 aromatic carbocycles. The molecule has 256 valence electrons. The zero-order chi connectivity index (χ0) is 34.8. The minimum atomic E-state index is -0.165. The Hall–Kier alpha value is -4.18. The predicted octanol–water partition coefficient (Wildman–Crippen LogP) is 12.6. The number of benzene rings is 2. The standard InChI is InChI=1S/C38H51N7O2S/c1-10-28(11-2)22-45(23-29(12-3)13-4)34-21-32(39-27(9)46)33(19-26(34)8)42-44-38-40-36(35-15-14-18-47-35)37(48-38)43-41-31-20-30(24(5)6)17-16-25(31)7/h14-21,24,28-29H,10-13,22-23H2,1-9H3,(H,39,46). The smallest absolute Gasteiger partial charge is 0.232 e. The Morgan fingerprint density at radius 2 is 1.54 bits per heavy atom. The van der Waals surface area contributed by atoms with E-state index in [1.54, 1.807) is 6.26 Å². The zero-order valence-electron chi connectivity index (χ0n) is 30.0. The van der Waals surface area contributed by atoms with E-state index >= 15 is 0 Å². The van der Waals surface area contributed by atoms with Crippen molar-refractivity contribution in [1.29, 1.82) is 0 Å². The molecule has 0 aliphatic heterocycles. The Morgan fingerprint density at radius 3 is 2.12 bits per heavy atom. The molecule has 2 aromatic heterocycles. The van der Waals surface area contributed by atoms with E-state index in [1.807, 2.05) is 25.1 Å². The number of anilines is 2. The van der Waals surface area contributed by atoms with E-state index < -0.39 is 0 Å². The first kappa shape index (κ1) is 36.7. The van der Waals surface area contributed by atoms with Crippen LogP contribution < -0.4 is 10.2 Å². The van der Waals surface area contributed by atoms with E-state index in [2.05, 4.69) is 103 Å². The fourth-order valence-electron chi connectivity index (χ4n) is 5.66. The van der Waals surface area contributed by atoms with Crippen LogP contribution in [0, 0.1) is 25.7 Å². The van der Waals surface area contributed by atoms with Gasteiger partial charge in [-0.25, -0.2) is 4.98 Å². The van der Waals surface area contributed by atoms with Gasteiger partial charge < -0.3 is 14.6 Å².